The maximum absolute atomic E-state index is 14.1. The van der Waals surface area contributed by atoms with E-state index in [0.29, 0.717) is 23.0 Å². The predicted octanol–water partition coefficient (Wildman–Crippen LogP) is 3.04. The van der Waals surface area contributed by atoms with Gasteiger partial charge in [0, 0.05) is 24.7 Å². The van der Waals surface area contributed by atoms with Gasteiger partial charge >= 0.3 is 0 Å². The molecule has 2 N–H and O–H groups in total. The molecule has 18 heavy (non-hydrogen) atoms. The molecule has 1 fully saturated rings. The van der Waals surface area contributed by atoms with E-state index < -0.39 is 0 Å². The van der Waals surface area contributed by atoms with Crippen molar-refractivity contribution in [2.24, 2.45) is 5.92 Å². The Morgan fingerprint density at radius 3 is 2.61 bits per heavy atom. The molecule has 1 aliphatic carbocycles. The highest BCUT2D eigenvalue weighted by Gasteiger charge is 2.27. The number of nitrogens with zero attached hydrogens (tertiary/aromatic N) is 1. The van der Waals surface area contributed by atoms with Gasteiger partial charge in [-0.25, -0.2) is 4.39 Å². The topological polar surface area (TPSA) is 38.5 Å². The third-order valence-electron chi connectivity index (χ3n) is 3.38. The highest BCUT2D eigenvalue weighted by molar-refractivity contribution is 5.63. The molecule has 1 aliphatic rings. The van der Waals surface area contributed by atoms with E-state index in [-0.39, 0.29) is 11.9 Å². The largest absolute Gasteiger partial charge is 0.495 e. The summed E-state index contributed by atoms with van der Waals surface area (Å²) in [6.07, 6.45) is 2.49. The van der Waals surface area contributed by atoms with E-state index >= 15 is 0 Å². The zero-order valence-electron chi connectivity index (χ0n) is 11.2. The van der Waals surface area contributed by atoms with Crippen LogP contribution in [0.2, 0.25) is 0 Å². The van der Waals surface area contributed by atoms with E-state index in [4.69, 9.17) is 10.5 Å². The van der Waals surface area contributed by atoms with Gasteiger partial charge in [0.05, 0.1) is 18.5 Å². The van der Waals surface area contributed by atoms with Crippen LogP contribution in [0.1, 0.15) is 26.7 Å². The van der Waals surface area contributed by atoms with Gasteiger partial charge in [-0.05, 0) is 32.6 Å². The summed E-state index contributed by atoms with van der Waals surface area (Å²) in [5.74, 6) is 0.964. The Morgan fingerprint density at radius 2 is 2.11 bits per heavy atom. The first kappa shape index (κ1) is 13.0. The molecule has 0 unspecified atom stereocenters. The van der Waals surface area contributed by atoms with Crippen LogP contribution >= 0.6 is 0 Å². The standard InChI is InChI=1S/C14H21FN2O/c1-9(2)17(8-10-4-5-10)13-7-14(18-3)12(16)6-11(13)15/h6-7,9-10H,4-5,8,16H2,1-3H3. The van der Waals surface area contributed by atoms with Crippen molar-refractivity contribution in [3.05, 3.63) is 17.9 Å². The predicted molar refractivity (Wildman–Crippen MR) is 72.6 cm³/mol. The molecule has 100 valence electrons. The minimum atomic E-state index is -0.275. The van der Waals surface area contributed by atoms with Gasteiger partial charge in [0.25, 0.3) is 0 Å². The Morgan fingerprint density at radius 1 is 1.44 bits per heavy atom. The lowest BCUT2D eigenvalue weighted by atomic mass is 10.2. The van der Waals surface area contributed by atoms with E-state index in [1.807, 2.05) is 0 Å². The molecule has 0 amide bonds. The molecular weight excluding hydrogens is 231 g/mol. The fraction of sp³-hybridized carbons (Fsp3) is 0.571. The first-order valence-corrected chi connectivity index (χ1v) is 6.42. The number of ether oxygens (including phenoxy) is 1. The summed E-state index contributed by atoms with van der Waals surface area (Å²) < 4.78 is 19.2. The zero-order chi connectivity index (χ0) is 13.3. The molecule has 0 heterocycles. The number of anilines is 2. The van der Waals surface area contributed by atoms with E-state index in [0.717, 1.165) is 6.54 Å². The minimum absolute atomic E-state index is 0.258. The molecule has 1 aromatic rings. The molecule has 0 spiro atoms. The summed E-state index contributed by atoms with van der Waals surface area (Å²) in [5.41, 5.74) is 6.63. The molecule has 0 radical (unpaired) electrons. The zero-order valence-corrected chi connectivity index (χ0v) is 11.2. The van der Waals surface area contributed by atoms with Gasteiger partial charge in [0.1, 0.15) is 11.6 Å². The maximum atomic E-state index is 14.1. The first-order valence-electron chi connectivity index (χ1n) is 6.42. The highest BCUT2D eigenvalue weighted by atomic mass is 19.1. The molecule has 0 bridgehead atoms. The second-order valence-corrected chi connectivity index (χ2v) is 5.24. The first-order chi connectivity index (χ1) is 8.52. The van der Waals surface area contributed by atoms with Crippen LogP contribution in [0, 0.1) is 11.7 Å². The summed E-state index contributed by atoms with van der Waals surface area (Å²) in [6.45, 7) is 5.05. The van der Waals surface area contributed by atoms with E-state index in [1.54, 1.807) is 13.2 Å². The Kier molecular flexibility index (Phi) is 3.64. The van der Waals surface area contributed by atoms with Crippen molar-refractivity contribution in [1.29, 1.82) is 0 Å². The van der Waals surface area contributed by atoms with E-state index in [2.05, 4.69) is 18.7 Å². The van der Waals surface area contributed by atoms with Crippen molar-refractivity contribution in [2.45, 2.75) is 32.7 Å². The molecule has 2 rings (SSSR count). The lowest BCUT2D eigenvalue weighted by molar-refractivity contribution is 0.415. The summed E-state index contributed by atoms with van der Waals surface area (Å²) in [4.78, 5) is 2.09. The van der Waals surface area contributed by atoms with Gasteiger partial charge < -0.3 is 15.4 Å². The van der Waals surface area contributed by atoms with Gasteiger partial charge in [0.15, 0.2) is 0 Å². The Bertz CT molecular complexity index is 430. The quantitative estimate of drug-likeness (QED) is 0.819. The maximum Gasteiger partial charge on any atom is 0.148 e. The smallest absolute Gasteiger partial charge is 0.148 e. The normalized spacial score (nSPS) is 14.9. The van der Waals surface area contributed by atoms with Crippen LogP contribution in [-0.4, -0.2) is 19.7 Å². The van der Waals surface area contributed by atoms with Crippen molar-refractivity contribution in [3.63, 3.8) is 0 Å². The van der Waals surface area contributed by atoms with Crippen LogP contribution in [0.15, 0.2) is 12.1 Å². The van der Waals surface area contributed by atoms with Crippen molar-refractivity contribution in [2.75, 3.05) is 24.3 Å². The summed E-state index contributed by atoms with van der Waals surface area (Å²) in [5, 5.41) is 0. The monoisotopic (exact) mass is 252 g/mol. The lowest BCUT2D eigenvalue weighted by Gasteiger charge is -2.30. The minimum Gasteiger partial charge on any atom is -0.495 e. The number of hydrogen-bond acceptors (Lipinski definition) is 3. The number of nitrogens with two attached hydrogens (primary N) is 1. The Labute approximate surface area is 108 Å². The second-order valence-electron chi connectivity index (χ2n) is 5.24. The van der Waals surface area contributed by atoms with Gasteiger partial charge in [-0.15, -0.1) is 0 Å². The Hall–Kier alpha value is -1.45. The number of methoxy groups -OCH3 is 1. The molecule has 0 aromatic heterocycles. The molecule has 0 aliphatic heterocycles. The molecule has 0 saturated heterocycles. The lowest BCUT2D eigenvalue weighted by Crippen LogP contribution is -2.33. The number of halogens is 1. The SMILES string of the molecule is COc1cc(N(CC2CC2)C(C)C)c(F)cc1N. The van der Waals surface area contributed by atoms with Crippen molar-refractivity contribution in [1.82, 2.24) is 0 Å². The average Bonchev–Trinajstić information content (AvgIpc) is 3.10. The third kappa shape index (κ3) is 2.68. The average molecular weight is 252 g/mol. The van der Waals surface area contributed by atoms with E-state index in [9.17, 15) is 4.39 Å². The molecule has 1 saturated carbocycles. The molecule has 3 nitrogen and oxygen atoms in total. The van der Waals surface area contributed by atoms with Crippen molar-refractivity contribution >= 4 is 11.4 Å². The Balaban J connectivity index is 2.32. The van der Waals surface area contributed by atoms with Crippen LogP contribution in [-0.2, 0) is 0 Å². The van der Waals surface area contributed by atoms with Crippen LogP contribution in [0.25, 0.3) is 0 Å². The number of hydrogen-bond donors (Lipinski definition) is 1. The highest BCUT2D eigenvalue weighted by Crippen LogP contribution is 2.36. The van der Waals surface area contributed by atoms with Crippen LogP contribution in [0.3, 0.4) is 0 Å². The van der Waals surface area contributed by atoms with Crippen LogP contribution < -0.4 is 15.4 Å². The van der Waals surface area contributed by atoms with E-state index in [1.165, 1.54) is 18.9 Å². The third-order valence-corrected chi connectivity index (χ3v) is 3.38. The number of nitrogen functional groups attached to an aromatic ring is 1. The molecule has 0 atom stereocenters. The van der Waals surface area contributed by atoms with Crippen molar-refractivity contribution < 1.29 is 9.13 Å². The fourth-order valence-corrected chi connectivity index (χ4v) is 2.12. The molecule has 4 heteroatoms. The van der Waals surface area contributed by atoms with Gasteiger partial charge in [-0.3, -0.25) is 0 Å². The van der Waals surface area contributed by atoms with Crippen LogP contribution in [0.5, 0.6) is 5.75 Å². The summed E-state index contributed by atoms with van der Waals surface area (Å²) >= 11 is 0. The summed E-state index contributed by atoms with van der Waals surface area (Å²) in [6, 6.07) is 3.30. The second kappa shape index (κ2) is 5.04. The number of rotatable bonds is 5. The molecular formula is C14H21FN2O. The summed E-state index contributed by atoms with van der Waals surface area (Å²) in [7, 11) is 1.55. The molecule has 1 aromatic carbocycles. The van der Waals surface area contributed by atoms with Crippen molar-refractivity contribution in [3.8, 4) is 5.75 Å². The fourth-order valence-electron chi connectivity index (χ4n) is 2.12. The van der Waals surface area contributed by atoms with Gasteiger partial charge in [0.2, 0.25) is 0 Å². The van der Waals surface area contributed by atoms with Crippen LogP contribution in [0.4, 0.5) is 15.8 Å². The number of benzene rings is 1. The van der Waals surface area contributed by atoms with Gasteiger partial charge in [-0.2, -0.15) is 0 Å². The van der Waals surface area contributed by atoms with Gasteiger partial charge in [-0.1, -0.05) is 0 Å².